The molecule has 0 aromatic heterocycles. The van der Waals surface area contributed by atoms with E-state index < -0.39 is 19.9 Å². The van der Waals surface area contributed by atoms with Crippen molar-refractivity contribution in [3.8, 4) is 0 Å². The van der Waals surface area contributed by atoms with Crippen LogP contribution in [0.15, 0.2) is 0 Å². The fourth-order valence-corrected chi connectivity index (χ4v) is 4.56. The molecule has 0 unspecified atom stereocenters. The van der Waals surface area contributed by atoms with Crippen LogP contribution in [-0.2, 0) is 19.9 Å². The van der Waals surface area contributed by atoms with Crippen LogP contribution in [0, 0.1) is 0 Å². The van der Waals surface area contributed by atoms with Gasteiger partial charge in [0.15, 0.2) is 0 Å². The van der Waals surface area contributed by atoms with E-state index in [4.69, 9.17) is 11.6 Å². The van der Waals surface area contributed by atoms with Crippen molar-refractivity contribution in [2.75, 3.05) is 17.8 Å². The third-order valence-electron chi connectivity index (χ3n) is 2.15. The van der Waals surface area contributed by atoms with E-state index in [1.165, 1.54) is 0 Å². The van der Waals surface area contributed by atoms with Gasteiger partial charge in [0.05, 0.1) is 11.5 Å². The largest absolute Gasteiger partial charge is 0.229 e. The zero-order chi connectivity index (χ0) is 11.7. The lowest BCUT2D eigenvalue weighted by molar-refractivity contribution is 0.391. The van der Waals surface area contributed by atoms with Crippen molar-refractivity contribution in [2.24, 2.45) is 0 Å². The molecule has 5 nitrogen and oxygen atoms in total. The summed E-state index contributed by atoms with van der Waals surface area (Å²) in [6, 6.07) is -0.128. The summed E-state index contributed by atoms with van der Waals surface area (Å²) in [5.41, 5.74) is 0. The van der Waals surface area contributed by atoms with Crippen molar-refractivity contribution < 1.29 is 16.8 Å². The van der Waals surface area contributed by atoms with E-state index in [0.717, 1.165) is 6.26 Å². The van der Waals surface area contributed by atoms with E-state index in [2.05, 4.69) is 4.72 Å². The van der Waals surface area contributed by atoms with Crippen LogP contribution in [0.4, 0.5) is 0 Å². The molecular weight excluding hydrogens is 262 g/mol. The Morgan fingerprint density at radius 3 is 2.13 bits per heavy atom. The maximum atomic E-state index is 11.4. The standard InChI is InChI=1S/C7H14ClNO4S2/c1-14(10,11)2-3-15(12,13)9-7-4-6(8)5-7/h6-7,9H,2-5H2,1H3. The normalized spacial score (nSPS) is 27.3. The summed E-state index contributed by atoms with van der Waals surface area (Å²) in [6.07, 6.45) is 2.24. The maximum absolute atomic E-state index is 11.4. The van der Waals surface area contributed by atoms with Gasteiger partial charge in [-0.05, 0) is 12.8 Å². The Morgan fingerprint density at radius 2 is 1.73 bits per heavy atom. The van der Waals surface area contributed by atoms with Crippen LogP contribution < -0.4 is 4.72 Å². The highest BCUT2D eigenvalue weighted by Crippen LogP contribution is 2.25. The minimum atomic E-state index is -3.49. The highest BCUT2D eigenvalue weighted by Gasteiger charge is 2.30. The zero-order valence-electron chi connectivity index (χ0n) is 8.31. The number of nitrogens with one attached hydrogen (secondary N) is 1. The minimum absolute atomic E-state index is 0.0348. The molecule has 0 radical (unpaired) electrons. The number of sulfonamides is 1. The Kier molecular flexibility index (Phi) is 4.02. The van der Waals surface area contributed by atoms with Gasteiger partial charge in [0.2, 0.25) is 10.0 Å². The van der Waals surface area contributed by atoms with Gasteiger partial charge in [-0.15, -0.1) is 11.6 Å². The van der Waals surface area contributed by atoms with Crippen LogP contribution in [-0.4, -0.2) is 46.0 Å². The molecular formula is C7H14ClNO4S2. The van der Waals surface area contributed by atoms with E-state index in [0.29, 0.717) is 12.8 Å². The molecule has 0 atom stereocenters. The second-order valence-corrected chi connectivity index (χ2v) is 8.58. The molecule has 1 rings (SSSR count). The molecule has 0 saturated heterocycles. The fourth-order valence-electron chi connectivity index (χ4n) is 1.22. The average Bonchev–Trinajstić information content (AvgIpc) is 1.97. The van der Waals surface area contributed by atoms with Crippen LogP contribution in [0.25, 0.3) is 0 Å². The number of alkyl halides is 1. The quantitative estimate of drug-likeness (QED) is 0.700. The van der Waals surface area contributed by atoms with Crippen LogP contribution in [0.3, 0.4) is 0 Å². The Hall–Kier alpha value is 0.150. The summed E-state index contributed by atoms with van der Waals surface area (Å²) >= 11 is 5.69. The van der Waals surface area contributed by atoms with Gasteiger partial charge in [0.1, 0.15) is 9.84 Å². The Bertz CT molecular complexity index is 410. The van der Waals surface area contributed by atoms with Gasteiger partial charge in [0.25, 0.3) is 0 Å². The summed E-state index contributed by atoms with van der Waals surface area (Å²) in [5, 5.41) is 0.0348. The second-order valence-electron chi connectivity index (χ2n) is 3.83. The topological polar surface area (TPSA) is 80.3 Å². The summed E-state index contributed by atoms with van der Waals surface area (Å²) < 4.78 is 46.7. The van der Waals surface area contributed by atoms with E-state index >= 15 is 0 Å². The monoisotopic (exact) mass is 275 g/mol. The third-order valence-corrected chi connectivity index (χ3v) is 5.14. The molecule has 1 fully saturated rings. The molecule has 0 aliphatic heterocycles. The van der Waals surface area contributed by atoms with Crippen molar-refractivity contribution >= 4 is 31.5 Å². The van der Waals surface area contributed by atoms with Crippen LogP contribution in [0.2, 0.25) is 0 Å². The maximum Gasteiger partial charge on any atom is 0.212 e. The van der Waals surface area contributed by atoms with Crippen molar-refractivity contribution in [3.05, 3.63) is 0 Å². The molecule has 0 aromatic carbocycles. The van der Waals surface area contributed by atoms with Crippen LogP contribution in [0.5, 0.6) is 0 Å². The number of hydrogen-bond acceptors (Lipinski definition) is 4. The van der Waals surface area contributed by atoms with Crippen molar-refractivity contribution in [1.29, 1.82) is 0 Å². The average molecular weight is 276 g/mol. The lowest BCUT2D eigenvalue weighted by Gasteiger charge is -2.31. The molecule has 90 valence electrons. The first-order valence-corrected chi connectivity index (χ1v) is 8.65. The van der Waals surface area contributed by atoms with Gasteiger partial charge in [-0.2, -0.15) is 0 Å². The Balaban J connectivity index is 2.39. The number of hydrogen-bond donors (Lipinski definition) is 1. The highest BCUT2D eigenvalue weighted by atomic mass is 35.5. The van der Waals surface area contributed by atoms with Crippen LogP contribution in [0.1, 0.15) is 12.8 Å². The summed E-state index contributed by atoms with van der Waals surface area (Å²) in [7, 11) is -6.72. The SMILES string of the molecule is CS(=O)(=O)CCS(=O)(=O)NC1CC(Cl)C1. The lowest BCUT2D eigenvalue weighted by atomic mass is 9.94. The predicted molar refractivity (Wildman–Crippen MR) is 59.3 cm³/mol. The minimum Gasteiger partial charge on any atom is -0.229 e. The number of rotatable bonds is 5. The van der Waals surface area contributed by atoms with Crippen molar-refractivity contribution in [2.45, 2.75) is 24.3 Å². The number of halogens is 1. The second kappa shape index (κ2) is 4.57. The summed E-state index contributed by atoms with van der Waals surface area (Å²) in [6.45, 7) is 0. The molecule has 8 heteroatoms. The lowest BCUT2D eigenvalue weighted by Crippen LogP contribution is -2.46. The first kappa shape index (κ1) is 13.2. The van der Waals surface area contributed by atoms with Gasteiger partial charge in [-0.3, -0.25) is 0 Å². The first-order chi connectivity index (χ1) is 6.68. The summed E-state index contributed by atoms with van der Waals surface area (Å²) in [5.74, 6) is -0.728. The molecule has 1 aliphatic carbocycles. The predicted octanol–water partition coefficient (Wildman–Crippen LogP) is -0.280. The van der Waals surface area contributed by atoms with E-state index in [1.807, 2.05) is 0 Å². The molecule has 1 N–H and O–H groups in total. The smallest absolute Gasteiger partial charge is 0.212 e. The summed E-state index contributed by atoms with van der Waals surface area (Å²) in [4.78, 5) is 0. The molecule has 15 heavy (non-hydrogen) atoms. The molecule has 1 aliphatic rings. The Morgan fingerprint density at radius 1 is 1.20 bits per heavy atom. The number of sulfone groups is 1. The Labute approximate surface area is 95.2 Å². The van der Waals surface area contributed by atoms with Gasteiger partial charge in [0, 0.05) is 17.7 Å². The molecule has 0 aromatic rings. The third kappa shape index (κ3) is 5.14. The van der Waals surface area contributed by atoms with E-state index in [-0.39, 0.29) is 22.9 Å². The van der Waals surface area contributed by atoms with Gasteiger partial charge in [-0.25, -0.2) is 21.6 Å². The molecule has 0 spiro atoms. The van der Waals surface area contributed by atoms with Crippen molar-refractivity contribution in [1.82, 2.24) is 4.72 Å². The van der Waals surface area contributed by atoms with Crippen LogP contribution >= 0.6 is 11.6 Å². The highest BCUT2D eigenvalue weighted by molar-refractivity contribution is 7.93. The molecule has 0 heterocycles. The first-order valence-electron chi connectivity index (χ1n) is 4.50. The van der Waals surface area contributed by atoms with Gasteiger partial charge < -0.3 is 0 Å². The molecule has 0 bridgehead atoms. The zero-order valence-corrected chi connectivity index (χ0v) is 10.7. The fraction of sp³-hybridized carbons (Fsp3) is 1.00. The van der Waals surface area contributed by atoms with E-state index in [1.54, 1.807) is 0 Å². The molecule has 1 saturated carbocycles. The van der Waals surface area contributed by atoms with Gasteiger partial charge in [-0.1, -0.05) is 0 Å². The van der Waals surface area contributed by atoms with Crippen molar-refractivity contribution in [3.63, 3.8) is 0 Å². The molecule has 0 amide bonds. The van der Waals surface area contributed by atoms with Gasteiger partial charge >= 0.3 is 0 Å². The van der Waals surface area contributed by atoms with E-state index in [9.17, 15) is 16.8 Å².